The minimum Gasteiger partial charge on any atom is -0.443 e. The fourth-order valence-electron chi connectivity index (χ4n) is 5.19. The molecule has 2 aliphatic heterocycles. The van der Waals surface area contributed by atoms with Crippen LogP contribution in [0.4, 0.5) is 4.79 Å². The van der Waals surface area contributed by atoms with Crippen LogP contribution in [0.5, 0.6) is 0 Å². The lowest BCUT2D eigenvalue weighted by Crippen LogP contribution is -2.50. The van der Waals surface area contributed by atoms with Gasteiger partial charge in [-0.05, 0) is 36.1 Å². The van der Waals surface area contributed by atoms with Crippen LogP contribution in [0.15, 0.2) is 59.5 Å². The Bertz CT molecular complexity index is 1160. The number of benzene rings is 2. The predicted octanol–water partition coefficient (Wildman–Crippen LogP) is 2.42. The van der Waals surface area contributed by atoms with Crippen molar-refractivity contribution in [2.24, 2.45) is 0 Å². The van der Waals surface area contributed by atoms with E-state index in [0.29, 0.717) is 25.9 Å². The number of rotatable bonds is 5. The monoisotopic (exact) mass is 469 g/mol. The number of hydrogen-bond donors (Lipinski definition) is 0. The summed E-state index contributed by atoms with van der Waals surface area (Å²) in [5.41, 5.74) is 2.37. The zero-order chi connectivity index (χ0) is 23.2. The number of ether oxygens (including phenoxy) is 1. The van der Waals surface area contributed by atoms with Crippen LogP contribution in [-0.2, 0) is 26.0 Å². The summed E-state index contributed by atoms with van der Waals surface area (Å²) in [5.74, 6) is -0.233. The molecule has 33 heavy (non-hydrogen) atoms. The smallest absolute Gasteiger partial charge is 0.411 e. The van der Waals surface area contributed by atoms with Gasteiger partial charge in [-0.2, -0.15) is 4.31 Å². The number of carbonyl (C=O) groups is 2. The molecule has 0 bridgehead atoms. The van der Waals surface area contributed by atoms with Gasteiger partial charge in [0.2, 0.25) is 15.9 Å². The summed E-state index contributed by atoms with van der Waals surface area (Å²) in [4.78, 5) is 29.2. The summed E-state index contributed by atoms with van der Waals surface area (Å²) in [6, 6.07) is 16.2. The van der Waals surface area contributed by atoms with E-state index in [1.54, 1.807) is 23.1 Å². The second-order valence-electron chi connectivity index (χ2n) is 8.86. The molecular weight excluding hydrogens is 442 g/mol. The Hall–Kier alpha value is -2.91. The minimum absolute atomic E-state index is 0.00603. The standard InChI is InChI=1S/C24H27N3O5S/c1-25(33(30,31)19-8-3-2-4-9-19)16-22(28)26-13-11-18(12-14-26)27-23-20-10-6-5-7-17(20)15-21(23)32-24(27)29/h2-10,18,21,23H,11-16H2,1H3. The van der Waals surface area contributed by atoms with E-state index in [1.165, 1.54) is 24.7 Å². The van der Waals surface area contributed by atoms with Crippen molar-refractivity contribution in [2.75, 3.05) is 26.7 Å². The molecule has 0 aromatic heterocycles. The minimum atomic E-state index is -3.73. The predicted molar refractivity (Wildman–Crippen MR) is 121 cm³/mol. The molecule has 2 heterocycles. The molecule has 2 unspecified atom stereocenters. The Balaban J connectivity index is 1.22. The van der Waals surface area contributed by atoms with Crippen molar-refractivity contribution in [3.8, 4) is 0 Å². The first-order chi connectivity index (χ1) is 15.9. The van der Waals surface area contributed by atoms with Crippen LogP contribution in [-0.4, -0.2) is 73.4 Å². The lowest BCUT2D eigenvalue weighted by atomic mass is 9.99. The van der Waals surface area contributed by atoms with Gasteiger partial charge in [0.1, 0.15) is 6.10 Å². The molecule has 0 N–H and O–H groups in total. The van der Waals surface area contributed by atoms with Gasteiger partial charge in [-0.1, -0.05) is 42.5 Å². The van der Waals surface area contributed by atoms with E-state index in [2.05, 4.69) is 12.1 Å². The molecule has 2 saturated heterocycles. The Morgan fingerprint density at radius 3 is 2.45 bits per heavy atom. The fourth-order valence-corrected chi connectivity index (χ4v) is 6.34. The van der Waals surface area contributed by atoms with Crippen molar-refractivity contribution >= 4 is 22.0 Å². The molecule has 174 valence electrons. The number of amides is 2. The molecule has 2 aromatic carbocycles. The maximum absolute atomic E-state index is 12.8. The number of likely N-dealkylation sites (tertiary alicyclic amines) is 1. The van der Waals surface area contributed by atoms with Gasteiger partial charge in [-0.15, -0.1) is 0 Å². The molecule has 2 amide bonds. The average Bonchev–Trinajstić information content (AvgIpc) is 3.33. The maximum atomic E-state index is 12.8. The van der Waals surface area contributed by atoms with Crippen LogP contribution in [0.3, 0.4) is 0 Å². The first-order valence-electron chi connectivity index (χ1n) is 11.2. The number of hydrogen-bond acceptors (Lipinski definition) is 5. The molecule has 5 rings (SSSR count). The molecule has 3 aliphatic rings. The van der Waals surface area contributed by atoms with E-state index >= 15 is 0 Å². The van der Waals surface area contributed by atoms with E-state index in [1.807, 2.05) is 17.0 Å². The highest BCUT2D eigenvalue weighted by Gasteiger charge is 2.50. The lowest BCUT2D eigenvalue weighted by Gasteiger charge is -2.38. The molecule has 9 heteroatoms. The number of carbonyl (C=O) groups excluding carboxylic acids is 2. The highest BCUT2D eigenvalue weighted by Crippen LogP contribution is 2.44. The third-order valence-electron chi connectivity index (χ3n) is 6.93. The van der Waals surface area contributed by atoms with Crippen LogP contribution in [0.1, 0.15) is 30.0 Å². The van der Waals surface area contributed by atoms with Crippen LogP contribution in [0, 0.1) is 0 Å². The van der Waals surface area contributed by atoms with Gasteiger partial charge < -0.3 is 9.64 Å². The van der Waals surface area contributed by atoms with Gasteiger partial charge in [0.05, 0.1) is 17.5 Å². The summed E-state index contributed by atoms with van der Waals surface area (Å²) < 4.78 is 32.2. The lowest BCUT2D eigenvalue weighted by molar-refractivity contribution is -0.132. The first kappa shape index (κ1) is 21.9. The van der Waals surface area contributed by atoms with E-state index < -0.39 is 10.0 Å². The molecule has 2 aromatic rings. The SMILES string of the molecule is CN(CC(=O)N1CCC(N2C(=O)OC3Cc4ccccc4C32)CC1)S(=O)(=O)c1ccccc1. The molecule has 2 atom stereocenters. The Kier molecular flexibility index (Phi) is 5.62. The second-order valence-corrected chi connectivity index (χ2v) is 10.9. The molecule has 8 nitrogen and oxygen atoms in total. The molecule has 1 aliphatic carbocycles. The maximum Gasteiger partial charge on any atom is 0.411 e. The van der Waals surface area contributed by atoms with Crippen molar-refractivity contribution in [2.45, 2.75) is 42.3 Å². The van der Waals surface area contributed by atoms with Gasteiger partial charge >= 0.3 is 6.09 Å². The molecule has 2 fully saturated rings. The first-order valence-corrected chi connectivity index (χ1v) is 12.7. The van der Waals surface area contributed by atoms with Gasteiger partial charge in [-0.25, -0.2) is 13.2 Å². The molecular formula is C24H27N3O5S. The number of fused-ring (bicyclic) bond motifs is 3. The Morgan fingerprint density at radius 1 is 1.06 bits per heavy atom. The molecule has 0 radical (unpaired) electrons. The molecule has 0 saturated carbocycles. The van der Waals surface area contributed by atoms with Crippen LogP contribution >= 0.6 is 0 Å². The highest BCUT2D eigenvalue weighted by atomic mass is 32.2. The fraction of sp³-hybridized carbons (Fsp3) is 0.417. The zero-order valence-corrected chi connectivity index (χ0v) is 19.3. The summed E-state index contributed by atoms with van der Waals surface area (Å²) in [6.07, 6.45) is 1.59. The van der Waals surface area contributed by atoms with Crippen molar-refractivity contribution in [3.05, 3.63) is 65.7 Å². The Labute approximate surface area is 193 Å². The highest BCUT2D eigenvalue weighted by molar-refractivity contribution is 7.89. The summed E-state index contributed by atoms with van der Waals surface area (Å²) >= 11 is 0. The van der Waals surface area contributed by atoms with Crippen molar-refractivity contribution in [3.63, 3.8) is 0 Å². The van der Waals surface area contributed by atoms with E-state index in [9.17, 15) is 18.0 Å². The van der Waals surface area contributed by atoms with Crippen molar-refractivity contribution < 1.29 is 22.7 Å². The van der Waals surface area contributed by atoms with E-state index in [-0.39, 0.29) is 41.6 Å². The summed E-state index contributed by atoms with van der Waals surface area (Å²) in [5, 5.41) is 0. The van der Waals surface area contributed by atoms with Gasteiger partial charge in [-0.3, -0.25) is 9.69 Å². The zero-order valence-electron chi connectivity index (χ0n) is 18.5. The Morgan fingerprint density at radius 2 is 1.73 bits per heavy atom. The normalized spacial score (nSPS) is 22.9. The number of piperidine rings is 1. The summed E-state index contributed by atoms with van der Waals surface area (Å²) in [6.45, 7) is 0.739. The third kappa shape index (κ3) is 3.89. The number of sulfonamides is 1. The van der Waals surface area contributed by atoms with Crippen molar-refractivity contribution in [1.29, 1.82) is 0 Å². The van der Waals surface area contributed by atoms with Gasteiger partial charge in [0.25, 0.3) is 0 Å². The van der Waals surface area contributed by atoms with E-state index in [4.69, 9.17) is 4.74 Å². The largest absolute Gasteiger partial charge is 0.443 e. The van der Waals surface area contributed by atoms with Crippen LogP contribution < -0.4 is 0 Å². The average molecular weight is 470 g/mol. The second kappa shape index (κ2) is 8.46. The van der Waals surface area contributed by atoms with Crippen molar-refractivity contribution in [1.82, 2.24) is 14.1 Å². The topological polar surface area (TPSA) is 87.2 Å². The summed E-state index contributed by atoms with van der Waals surface area (Å²) in [7, 11) is -2.30. The quantitative estimate of drug-likeness (QED) is 0.671. The molecule has 0 spiro atoms. The number of likely N-dealkylation sites (N-methyl/N-ethyl adjacent to an activating group) is 1. The van der Waals surface area contributed by atoms with Gasteiger partial charge in [0, 0.05) is 32.6 Å². The van der Waals surface area contributed by atoms with Gasteiger partial charge in [0.15, 0.2) is 0 Å². The third-order valence-corrected chi connectivity index (χ3v) is 8.75. The van der Waals surface area contributed by atoms with Crippen LogP contribution in [0.25, 0.3) is 0 Å². The number of nitrogens with zero attached hydrogens (tertiary/aromatic N) is 3. The van der Waals surface area contributed by atoms with E-state index in [0.717, 1.165) is 16.3 Å². The van der Waals surface area contributed by atoms with Crippen LogP contribution in [0.2, 0.25) is 0 Å².